The predicted molar refractivity (Wildman–Crippen MR) is 65.5 cm³/mol. The lowest BCUT2D eigenvalue weighted by atomic mass is 10.2. The first-order valence-electron chi connectivity index (χ1n) is 5.27. The molecule has 1 aromatic heterocycles. The molecule has 6 heteroatoms. The lowest BCUT2D eigenvalue weighted by Crippen LogP contribution is -2.38. The molecule has 0 unspecified atom stereocenters. The minimum absolute atomic E-state index is 0.0679. The zero-order valence-corrected chi connectivity index (χ0v) is 9.97. The van der Waals surface area contributed by atoms with Crippen molar-refractivity contribution in [2.45, 2.75) is 6.92 Å². The number of H-pyrrole nitrogens is 1. The molecule has 0 aliphatic carbocycles. The standard InChI is InChI=1S/C12H14N2O4/c1-3-6-14(7-10(15)16)12(18)9-5-4-8(2)13-11(9)17/h3-5H,1,6-7H2,2H3,(H,13,17)(H,15,16). The average molecular weight is 250 g/mol. The van der Waals surface area contributed by atoms with Crippen LogP contribution < -0.4 is 5.56 Å². The van der Waals surface area contributed by atoms with Gasteiger partial charge in [-0.05, 0) is 19.1 Å². The molecule has 2 N–H and O–H groups in total. The highest BCUT2D eigenvalue weighted by atomic mass is 16.4. The van der Waals surface area contributed by atoms with Crippen LogP contribution in [0.1, 0.15) is 16.1 Å². The number of aromatic amines is 1. The molecule has 0 aliphatic heterocycles. The molecular weight excluding hydrogens is 236 g/mol. The van der Waals surface area contributed by atoms with E-state index in [4.69, 9.17) is 5.11 Å². The number of nitrogens with one attached hydrogen (secondary N) is 1. The third-order valence-electron chi connectivity index (χ3n) is 2.25. The Bertz CT molecular complexity index is 533. The Morgan fingerprint density at radius 2 is 2.17 bits per heavy atom. The van der Waals surface area contributed by atoms with Crippen LogP contribution in [0.5, 0.6) is 0 Å². The molecule has 0 bridgehead atoms. The number of amides is 1. The van der Waals surface area contributed by atoms with E-state index in [2.05, 4.69) is 11.6 Å². The number of nitrogens with zero attached hydrogens (tertiary/aromatic N) is 1. The van der Waals surface area contributed by atoms with Gasteiger partial charge in [0.15, 0.2) is 0 Å². The molecule has 0 saturated heterocycles. The Kier molecular flexibility index (Phi) is 4.42. The van der Waals surface area contributed by atoms with E-state index in [1.807, 2.05) is 0 Å². The number of aromatic nitrogens is 1. The van der Waals surface area contributed by atoms with Gasteiger partial charge in [-0.2, -0.15) is 0 Å². The van der Waals surface area contributed by atoms with Crippen LogP contribution in [0.2, 0.25) is 0 Å². The Hall–Kier alpha value is -2.37. The van der Waals surface area contributed by atoms with Crippen LogP contribution in [0.3, 0.4) is 0 Å². The van der Waals surface area contributed by atoms with Crippen molar-refractivity contribution >= 4 is 11.9 Å². The Labute approximate surface area is 104 Å². The van der Waals surface area contributed by atoms with Crippen molar-refractivity contribution in [3.63, 3.8) is 0 Å². The molecule has 1 heterocycles. The number of rotatable bonds is 5. The second kappa shape index (κ2) is 5.81. The molecule has 0 aromatic carbocycles. The number of aryl methyl sites for hydroxylation is 1. The minimum Gasteiger partial charge on any atom is -0.480 e. The van der Waals surface area contributed by atoms with Crippen molar-refractivity contribution in [1.29, 1.82) is 0 Å². The van der Waals surface area contributed by atoms with E-state index in [0.29, 0.717) is 5.69 Å². The number of hydrogen-bond donors (Lipinski definition) is 2. The number of hydrogen-bond acceptors (Lipinski definition) is 3. The molecule has 96 valence electrons. The number of carbonyl (C=O) groups excluding carboxylic acids is 1. The summed E-state index contributed by atoms with van der Waals surface area (Å²) in [6.07, 6.45) is 1.41. The smallest absolute Gasteiger partial charge is 0.323 e. The molecule has 0 radical (unpaired) electrons. The van der Waals surface area contributed by atoms with Gasteiger partial charge < -0.3 is 15.0 Å². The van der Waals surface area contributed by atoms with Gasteiger partial charge >= 0.3 is 5.97 Å². The number of carbonyl (C=O) groups is 2. The first-order chi connectivity index (χ1) is 8.45. The maximum atomic E-state index is 12.0. The maximum absolute atomic E-state index is 12.0. The molecule has 0 spiro atoms. The molecule has 1 amide bonds. The summed E-state index contributed by atoms with van der Waals surface area (Å²) < 4.78 is 0. The molecule has 18 heavy (non-hydrogen) atoms. The Morgan fingerprint density at radius 3 is 2.67 bits per heavy atom. The van der Waals surface area contributed by atoms with Crippen LogP contribution in [-0.2, 0) is 4.79 Å². The molecular formula is C12H14N2O4. The van der Waals surface area contributed by atoms with Gasteiger partial charge in [0.2, 0.25) is 0 Å². The minimum atomic E-state index is -1.14. The van der Waals surface area contributed by atoms with Crippen molar-refractivity contribution in [2.24, 2.45) is 0 Å². The molecule has 0 fully saturated rings. The number of pyridine rings is 1. The summed E-state index contributed by atoms with van der Waals surface area (Å²) in [5.41, 5.74) is 0.0215. The number of carboxylic acid groups (broad SMARTS) is 1. The van der Waals surface area contributed by atoms with Gasteiger partial charge in [0, 0.05) is 12.2 Å². The highest BCUT2D eigenvalue weighted by Crippen LogP contribution is 2.01. The van der Waals surface area contributed by atoms with E-state index in [1.165, 1.54) is 12.1 Å². The lowest BCUT2D eigenvalue weighted by molar-refractivity contribution is -0.137. The van der Waals surface area contributed by atoms with Crippen LogP contribution >= 0.6 is 0 Å². The van der Waals surface area contributed by atoms with Gasteiger partial charge in [0.1, 0.15) is 12.1 Å². The van der Waals surface area contributed by atoms with Crippen molar-refractivity contribution in [3.8, 4) is 0 Å². The Balaban J connectivity index is 3.05. The van der Waals surface area contributed by atoms with Crippen LogP contribution in [0.15, 0.2) is 29.6 Å². The van der Waals surface area contributed by atoms with Gasteiger partial charge in [-0.25, -0.2) is 0 Å². The molecule has 0 atom stereocenters. The largest absolute Gasteiger partial charge is 0.480 e. The maximum Gasteiger partial charge on any atom is 0.323 e. The zero-order chi connectivity index (χ0) is 13.7. The summed E-state index contributed by atoms with van der Waals surface area (Å²) in [7, 11) is 0. The van der Waals surface area contributed by atoms with Gasteiger partial charge in [-0.3, -0.25) is 14.4 Å². The van der Waals surface area contributed by atoms with Gasteiger partial charge in [-0.1, -0.05) is 6.08 Å². The molecule has 1 rings (SSSR count). The van der Waals surface area contributed by atoms with E-state index < -0.39 is 24.0 Å². The van der Waals surface area contributed by atoms with Crippen LogP contribution in [0.25, 0.3) is 0 Å². The summed E-state index contributed by atoms with van der Waals surface area (Å²) >= 11 is 0. The second-order valence-electron chi connectivity index (χ2n) is 3.75. The van der Waals surface area contributed by atoms with E-state index in [9.17, 15) is 14.4 Å². The molecule has 0 saturated carbocycles. The summed E-state index contributed by atoms with van der Waals surface area (Å²) in [4.78, 5) is 37.8. The van der Waals surface area contributed by atoms with E-state index >= 15 is 0 Å². The SMILES string of the molecule is C=CCN(CC(=O)O)C(=O)c1ccc(C)[nH]c1=O. The van der Waals surface area contributed by atoms with Crippen LogP contribution in [-0.4, -0.2) is 40.0 Å². The molecule has 1 aromatic rings. The fourth-order valence-corrected chi connectivity index (χ4v) is 1.45. The predicted octanol–water partition coefficient (Wildman–Crippen LogP) is 0.396. The van der Waals surface area contributed by atoms with Gasteiger partial charge in [0.25, 0.3) is 11.5 Å². The van der Waals surface area contributed by atoms with E-state index in [1.54, 1.807) is 13.0 Å². The van der Waals surface area contributed by atoms with Crippen molar-refractivity contribution in [3.05, 3.63) is 46.4 Å². The van der Waals surface area contributed by atoms with E-state index in [-0.39, 0.29) is 12.1 Å². The van der Waals surface area contributed by atoms with Gasteiger partial charge in [0.05, 0.1) is 0 Å². The summed E-state index contributed by atoms with van der Waals surface area (Å²) in [6, 6.07) is 2.97. The quantitative estimate of drug-likeness (QED) is 0.740. The summed E-state index contributed by atoms with van der Waals surface area (Å²) in [5, 5.41) is 8.71. The topological polar surface area (TPSA) is 90.5 Å². The first-order valence-corrected chi connectivity index (χ1v) is 5.27. The van der Waals surface area contributed by atoms with Crippen molar-refractivity contribution < 1.29 is 14.7 Å². The van der Waals surface area contributed by atoms with Crippen molar-refractivity contribution in [2.75, 3.05) is 13.1 Å². The van der Waals surface area contributed by atoms with E-state index in [0.717, 1.165) is 4.90 Å². The van der Waals surface area contributed by atoms with Crippen molar-refractivity contribution in [1.82, 2.24) is 9.88 Å². The highest BCUT2D eigenvalue weighted by Gasteiger charge is 2.19. The third kappa shape index (κ3) is 3.31. The first kappa shape index (κ1) is 13.7. The Morgan fingerprint density at radius 1 is 1.50 bits per heavy atom. The third-order valence-corrected chi connectivity index (χ3v) is 2.25. The zero-order valence-electron chi connectivity index (χ0n) is 9.97. The van der Waals surface area contributed by atoms with Gasteiger partial charge in [-0.15, -0.1) is 6.58 Å². The second-order valence-corrected chi connectivity index (χ2v) is 3.75. The van der Waals surface area contributed by atoms with Crippen LogP contribution in [0.4, 0.5) is 0 Å². The van der Waals surface area contributed by atoms with Crippen LogP contribution in [0, 0.1) is 6.92 Å². The fourth-order valence-electron chi connectivity index (χ4n) is 1.45. The summed E-state index contributed by atoms with van der Waals surface area (Å²) in [5.74, 6) is -1.77. The fraction of sp³-hybridized carbons (Fsp3) is 0.250. The highest BCUT2D eigenvalue weighted by molar-refractivity contribution is 5.95. The summed E-state index contributed by atoms with van der Waals surface area (Å²) in [6.45, 7) is 4.73. The molecule has 0 aliphatic rings. The molecule has 6 nitrogen and oxygen atoms in total. The number of aliphatic carboxylic acids is 1. The monoisotopic (exact) mass is 250 g/mol. The number of carboxylic acids is 1. The lowest BCUT2D eigenvalue weighted by Gasteiger charge is -2.18. The average Bonchev–Trinajstić information content (AvgIpc) is 2.27. The normalized spacial score (nSPS) is 9.83.